The zero-order valence-corrected chi connectivity index (χ0v) is 18.2. The Hall–Kier alpha value is -3.86. The molecule has 0 aliphatic carbocycles. The van der Waals surface area contributed by atoms with Gasteiger partial charge in [-0.15, -0.1) is 0 Å². The van der Waals surface area contributed by atoms with E-state index in [4.69, 9.17) is 9.84 Å². The highest BCUT2D eigenvalue weighted by Crippen LogP contribution is 2.22. The molecule has 0 atom stereocenters. The Morgan fingerprint density at radius 2 is 1.66 bits per heavy atom. The van der Waals surface area contributed by atoms with Crippen molar-refractivity contribution in [3.8, 4) is 17.0 Å². The second kappa shape index (κ2) is 10.4. The Labute approximate surface area is 188 Å². The van der Waals surface area contributed by atoms with Crippen molar-refractivity contribution < 1.29 is 9.53 Å². The first-order valence-corrected chi connectivity index (χ1v) is 10.8. The molecule has 1 aromatic heterocycles. The lowest BCUT2D eigenvalue weighted by Crippen LogP contribution is -2.23. The molecular weight excluding hydrogens is 398 g/mol. The van der Waals surface area contributed by atoms with Crippen LogP contribution in [0, 0.1) is 0 Å². The molecule has 0 aliphatic rings. The van der Waals surface area contributed by atoms with Crippen molar-refractivity contribution in [3.05, 3.63) is 108 Å². The fourth-order valence-corrected chi connectivity index (χ4v) is 3.65. The summed E-state index contributed by atoms with van der Waals surface area (Å²) in [6, 6.07) is 28.1. The third-order valence-electron chi connectivity index (χ3n) is 5.32. The number of aromatic nitrogens is 2. The summed E-state index contributed by atoms with van der Waals surface area (Å²) in [5.41, 5.74) is 5.21. The summed E-state index contributed by atoms with van der Waals surface area (Å²) in [7, 11) is 1.65. The summed E-state index contributed by atoms with van der Waals surface area (Å²) in [6.45, 7) is 1.13. The van der Waals surface area contributed by atoms with Crippen LogP contribution in [0.4, 0.5) is 0 Å². The van der Waals surface area contributed by atoms with E-state index in [0.717, 1.165) is 28.1 Å². The number of rotatable bonds is 9. The van der Waals surface area contributed by atoms with Gasteiger partial charge in [-0.25, -0.2) is 0 Å². The Bertz CT molecular complexity index is 1150. The molecule has 5 heteroatoms. The van der Waals surface area contributed by atoms with Gasteiger partial charge in [0.2, 0.25) is 5.91 Å². The van der Waals surface area contributed by atoms with Gasteiger partial charge >= 0.3 is 0 Å². The summed E-state index contributed by atoms with van der Waals surface area (Å²) in [5.74, 6) is 0.823. The third-order valence-corrected chi connectivity index (χ3v) is 5.32. The molecule has 5 nitrogen and oxygen atoms in total. The maximum atomic E-state index is 12.5. The average Bonchev–Trinajstić information content (AvgIpc) is 3.25. The molecule has 0 saturated carbocycles. The van der Waals surface area contributed by atoms with Gasteiger partial charge in [-0.1, -0.05) is 72.8 Å². The topological polar surface area (TPSA) is 56.1 Å². The van der Waals surface area contributed by atoms with E-state index >= 15 is 0 Å². The number of methoxy groups -OCH3 is 1. The van der Waals surface area contributed by atoms with Gasteiger partial charge in [-0.2, -0.15) is 5.10 Å². The molecule has 1 amide bonds. The van der Waals surface area contributed by atoms with Crippen molar-refractivity contribution >= 4 is 5.91 Å². The Balaban J connectivity index is 1.43. The fraction of sp³-hybridized carbons (Fsp3) is 0.185. The number of nitrogens with one attached hydrogen (secondary N) is 1. The molecule has 0 fully saturated rings. The molecule has 4 rings (SSSR count). The summed E-state index contributed by atoms with van der Waals surface area (Å²) < 4.78 is 7.20. The van der Waals surface area contributed by atoms with Crippen molar-refractivity contribution in [2.45, 2.75) is 25.9 Å². The van der Waals surface area contributed by atoms with E-state index in [-0.39, 0.29) is 5.91 Å². The minimum absolute atomic E-state index is 0.0163. The van der Waals surface area contributed by atoms with Crippen LogP contribution in [-0.4, -0.2) is 22.8 Å². The lowest BCUT2D eigenvalue weighted by molar-refractivity contribution is -0.121. The number of ether oxygens (including phenoxy) is 1. The number of hydrogen-bond acceptors (Lipinski definition) is 3. The predicted octanol–water partition coefficient (Wildman–Crippen LogP) is 4.86. The van der Waals surface area contributed by atoms with Crippen molar-refractivity contribution in [2.24, 2.45) is 0 Å². The molecule has 0 spiro atoms. The van der Waals surface area contributed by atoms with Gasteiger partial charge in [0, 0.05) is 30.3 Å². The standard InChI is InChI=1S/C27H27N3O2/c1-32-25-14-8-11-21(17-25)15-16-26(31)28-18-24-20-30(19-22-9-4-2-5-10-22)29-27(24)23-12-6-3-7-13-23/h2-14,17,20H,15-16,18-19H2,1H3,(H,28,31). The molecule has 0 aliphatic heterocycles. The van der Waals surface area contributed by atoms with Gasteiger partial charge in [-0.3, -0.25) is 9.48 Å². The first kappa shape index (κ1) is 21.4. The van der Waals surface area contributed by atoms with Gasteiger partial charge in [0.1, 0.15) is 5.75 Å². The smallest absolute Gasteiger partial charge is 0.220 e. The van der Waals surface area contributed by atoms with Gasteiger partial charge in [0.15, 0.2) is 0 Å². The number of amides is 1. The largest absolute Gasteiger partial charge is 0.497 e. The number of benzene rings is 3. The molecule has 4 aromatic rings. The van der Waals surface area contributed by atoms with E-state index in [9.17, 15) is 4.79 Å². The van der Waals surface area contributed by atoms with E-state index in [1.165, 1.54) is 5.56 Å². The van der Waals surface area contributed by atoms with Gasteiger partial charge in [0.05, 0.1) is 19.3 Å². The normalized spacial score (nSPS) is 10.7. The van der Waals surface area contributed by atoms with Crippen LogP contribution in [0.25, 0.3) is 11.3 Å². The molecule has 162 valence electrons. The molecule has 1 N–H and O–H groups in total. The van der Waals surface area contributed by atoms with Crippen molar-refractivity contribution in [1.82, 2.24) is 15.1 Å². The monoisotopic (exact) mass is 425 g/mol. The van der Waals surface area contributed by atoms with E-state index in [2.05, 4.69) is 17.4 Å². The van der Waals surface area contributed by atoms with Gasteiger partial charge in [-0.05, 0) is 29.7 Å². The summed E-state index contributed by atoms with van der Waals surface area (Å²) in [5, 5.41) is 7.88. The minimum Gasteiger partial charge on any atom is -0.497 e. The van der Waals surface area contributed by atoms with E-state index in [0.29, 0.717) is 25.9 Å². The second-order valence-electron chi connectivity index (χ2n) is 7.68. The van der Waals surface area contributed by atoms with Gasteiger partial charge in [0.25, 0.3) is 0 Å². The Kier molecular flexibility index (Phi) is 6.98. The average molecular weight is 426 g/mol. The Morgan fingerprint density at radius 1 is 0.938 bits per heavy atom. The first-order valence-electron chi connectivity index (χ1n) is 10.8. The van der Waals surface area contributed by atoms with Crippen LogP contribution in [0.2, 0.25) is 0 Å². The molecule has 0 bridgehead atoms. The third kappa shape index (κ3) is 5.64. The highest BCUT2D eigenvalue weighted by atomic mass is 16.5. The van der Waals surface area contributed by atoms with E-state index in [1.54, 1.807) is 7.11 Å². The maximum Gasteiger partial charge on any atom is 0.220 e. The molecule has 32 heavy (non-hydrogen) atoms. The van der Waals surface area contributed by atoms with Crippen LogP contribution >= 0.6 is 0 Å². The lowest BCUT2D eigenvalue weighted by atomic mass is 10.1. The second-order valence-corrected chi connectivity index (χ2v) is 7.68. The van der Waals surface area contributed by atoms with E-state index < -0.39 is 0 Å². The molecule has 0 unspecified atom stereocenters. The highest BCUT2D eigenvalue weighted by Gasteiger charge is 2.13. The maximum absolute atomic E-state index is 12.5. The minimum atomic E-state index is 0.0163. The zero-order chi connectivity index (χ0) is 22.2. The van der Waals surface area contributed by atoms with Crippen molar-refractivity contribution in [1.29, 1.82) is 0 Å². The lowest BCUT2D eigenvalue weighted by Gasteiger charge is -2.07. The fourth-order valence-electron chi connectivity index (χ4n) is 3.65. The molecule has 1 heterocycles. The predicted molar refractivity (Wildman–Crippen MR) is 126 cm³/mol. The van der Waals surface area contributed by atoms with Crippen molar-refractivity contribution in [2.75, 3.05) is 7.11 Å². The van der Waals surface area contributed by atoms with Crippen LogP contribution < -0.4 is 10.1 Å². The van der Waals surface area contributed by atoms with Crippen molar-refractivity contribution in [3.63, 3.8) is 0 Å². The van der Waals surface area contributed by atoms with Crippen LogP contribution in [0.1, 0.15) is 23.1 Å². The highest BCUT2D eigenvalue weighted by molar-refractivity contribution is 5.76. The summed E-state index contributed by atoms with van der Waals surface area (Å²) >= 11 is 0. The number of nitrogens with zero attached hydrogens (tertiary/aromatic N) is 2. The molecular formula is C27H27N3O2. The van der Waals surface area contributed by atoms with Crippen LogP contribution in [0.3, 0.4) is 0 Å². The first-order chi connectivity index (χ1) is 15.7. The van der Waals surface area contributed by atoms with E-state index in [1.807, 2.05) is 83.7 Å². The molecule has 0 radical (unpaired) electrons. The number of hydrogen-bond donors (Lipinski definition) is 1. The molecule has 3 aromatic carbocycles. The molecule has 0 saturated heterocycles. The summed E-state index contributed by atoms with van der Waals surface area (Å²) in [4.78, 5) is 12.5. The van der Waals surface area contributed by atoms with Crippen LogP contribution in [-0.2, 0) is 24.3 Å². The number of carbonyl (C=O) groups is 1. The van der Waals surface area contributed by atoms with Crippen LogP contribution in [0.15, 0.2) is 91.1 Å². The van der Waals surface area contributed by atoms with Crippen LogP contribution in [0.5, 0.6) is 5.75 Å². The SMILES string of the molecule is COc1cccc(CCC(=O)NCc2cn(Cc3ccccc3)nc2-c2ccccc2)c1. The zero-order valence-electron chi connectivity index (χ0n) is 18.2. The number of carbonyl (C=O) groups excluding carboxylic acids is 1. The summed E-state index contributed by atoms with van der Waals surface area (Å²) in [6.07, 6.45) is 3.12. The van der Waals surface area contributed by atoms with Gasteiger partial charge < -0.3 is 10.1 Å². The quantitative estimate of drug-likeness (QED) is 0.417. The Morgan fingerprint density at radius 3 is 2.41 bits per heavy atom. The number of aryl methyl sites for hydroxylation is 1.